The van der Waals surface area contributed by atoms with Crippen molar-refractivity contribution in [1.29, 1.82) is 0 Å². The molecule has 126 valence electrons. The van der Waals surface area contributed by atoms with Gasteiger partial charge in [0.2, 0.25) is 0 Å². The van der Waals surface area contributed by atoms with Crippen LogP contribution in [0.2, 0.25) is 0 Å². The highest BCUT2D eigenvalue weighted by Gasteiger charge is 2.45. The van der Waals surface area contributed by atoms with Gasteiger partial charge in [0.25, 0.3) is 0 Å². The maximum Gasteiger partial charge on any atom is 0.410 e. The molecular weight excluding hydrogens is 405 g/mol. The standard InChI is InChI=1S/C18H24INO3/c1-18(2,3)23-17(21)20-13-7-8-14(20)11-16(10-13)22-15-6-4-5-12(19)9-15/h4-6,9,13-14,16H,7-8,10-11H2,1-3H3/t13-,14+,16+. The fourth-order valence-corrected chi connectivity index (χ4v) is 4.08. The summed E-state index contributed by atoms with van der Waals surface area (Å²) in [6.07, 6.45) is 3.90. The number of rotatable bonds is 2. The number of benzene rings is 1. The van der Waals surface area contributed by atoms with Crippen molar-refractivity contribution >= 4 is 28.7 Å². The summed E-state index contributed by atoms with van der Waals surface area (Å²) in [7, 11) is 0. The second-order valence-corrected chi connectivity index (χ2v) is 8.69. The van der Waals surface area contributed by atoms with Gasteiger partial charge in [-0.05, 0) is 74.4 Å². The number of hydrogen-bond donors (Lipinski definition) is 0. The molecule has 0 saturated carbocycles. The van der Waals surface area contributed by atoms with Crippen molar-refractivity contribution in [2.75, 3.05) is 0 Å². The lowest BCUT2D eigenvalue weighted by atomic mass is 10.00. The van der Waals surface area contributed by atoms with Gasteiger partial charge >= 0.3 is 6.09 Å². The van der Waals surface area contributed by atoms with E-state index in [0.717, 1.165) is 31.4 Å². The minimum atomic E-state index is -0.440. The molecule has 1 aromatic carbocycles. The van der Waals surface area contributed by atoms with E-state index in [0.29, 0.717) is 0 Å². The van der Waals surface area contributed by atoms with Crippen LogP contribution in [0.1, 0.15) is 46.5 Å². The van der Waals surface area contributed by atoms with Crippen LogP contribution in [0, 0.1) is 3.57 Å². The molecule has 3 rings (SSSR count). The molecule has 1 aromatic rings. The zero-order valence-corrected chi connectivity index (χ0v) is 16.1. The number of carbonyl (C=O) groups excluding carboxylic acids is 1. The molecule has 5 heteroatoms. The van der Waals surface area contributed by atoms with Gasteiger partial charge in [-0.3, -0.25) is 0 Å². The summed E-state index contributed by atoms with van der Waals surface area (Å²) in [5, 5.41) is 0. The lowest BCUT2D eigenvalue weighted by Gasteiger charge is -2.39. The number of fused-ring (bicyclic) bond motifs is 2. The lowest BCUT2D eigenvalue weighted by molar-refractivity contribution is -0.00707. The van der Waals surface area contributed by atoms with E-state index in [1.165, 1.54) is 3.57 Å². The summed E-state index contributed by atoms with van der Waals surface area (Å²) in [5.41, 5.74) is -0.440. The average molecular weight is 429 g/mol. The lowest BCUT2D eigenvalue weighted by Crippen LogP contribution is -2.50. The van der Waals surface area contributed by atoms with E-state index in [1.807, 2.05) is 37.8 Å². The highest BCUT2D eigenvalue weighted by Crippen LogP contribution is 2.38. The Hall–Kier alpha value is -0.980. The molecule has 2 saturated heterocycles. The van der Waals surface area contributed by atoms with Crippen LogP contribution in [0.5, 0.6) is 5.75 Å². The summed E-state index contributed by atoms with van der Waals surface area (Å²) < 4.78 is 12.9. The van der Waals surface area contributed by atoms with E-state index in [4.69, 9.17) is 9.47 Å². The van der Waals surface area contributed by atoms with Gasteiger partial charge in [-0.1, -0.05) is 6.07 Å². The van der Waals surface area contributed by atoms with Gasteiger partial charge in [0.05, 0.1) is 0 Å². The third-order valence-electron chi connectivity index (χ3n) is 4.39. The Balaban J connectivity index is 1.64. The molecule has 0 aromatic heterocycles. The molecule has 0 N–H and O–H groups in total. The molecule has 4 nitrogen and oxygen atoms in total. The van der Waals surface area contributed by atoms with E-state index in [1.54, 1.807) is 0 Å². The van der Waals surface area contributed by atoms with Gasteiger partial charge in [0.15, 0.2) is 0 Å². The van der Waals surface area contributed by atoms with E-state index < -0.39 is 5.60 Å². The normalized spacial score (nSPS) is 27.0. The van der Waals surface area contributed by atoms with Crippen molar-refractivity contribution in [1.82, 2.24) is 4.90 Å². The predicted octanol–water partition coefficient (Wildman–Crippen LogP) is 4.60. The van der Waals surface area contributed by atoms with Gasteiger partial charge in [0, 0.05) is 28.5 Å². The number of halogens is 1. The van der Waals surface area contributed by atoms with Crippen molar-refractivity contribution in [2.45, 2.75) is 70.2 Å². The maximum absolute atomic E-state index is 12.4. The van der Waals surface area contributed by atoms with Crippen LogP contribution in [0.25, 0.3) is 0 Å². The number of carbonyl (C=O) groups is 1. The quantitative estimate of drug-likeness (QED) is 0.646. The zero-order valence-electron chi connectivity index (χ0n) is 13.9. The third kappa shape index (κ3) is 4.11. The second-order valence-electron chi connectivity index (χ2n) is 7.44. The number of nitrogens with zero attached hydrogens (tertiary/aromatic N) is 1. The minimum absolute atomic E-state index is 0.169. The first-order valence-electron chi connectivity index (χ1n) is 8.25. The fraction of sp³-hybridized carbons (Fsp3) is 0.611. The zero-order chi connectivity index (χ0) is 16.6. The van der Waals surface area contributed by atoms with Crippen LogP contribution in [-0.2, 0) is 4.74 Å². The van der Waals surface area contributed by atoms with E-state index in [2.05, 4.69) is 34.7 Å². The number of ether oxygens (including phenoxy) is 2. The summed E-state index contributed by atoms with van der Waals surface area (Å²) in [6, 6.07) is 8.63. The fourth-order valence-electron chi connectivity index (χ4n) is 3.57. The molecule has 0 spiro atoms. The molecule has 0 aliphatic carbocycles. The van der Waals surface area contributed by atoms with Crippen molar-refractivity contribution in [3.63, 3.8) is 0 Å². The Morgan fingerprint density at radius 2 is 1.87 bits per heavy atom. The number of hydrogen-bond acceptors (Lipinski definition) is 3. The third-order valence-corrected chi connectivity index (χ3v) is 5.06. The summed E-state index contributed by atoms with van der Waals surface area (Å²) in [5.74, 6) is 0.923. The van der Waals surface area contributed by atoms with Crippen molar-refractivity contribution < 1.29 is 14.3 Å². The Labute approximate surface area is 151 Å². The molecule has 0 radical (unpaired) electrons. The van der Waals surface area contributed by atoms with Crippen LogP contribution < -0.4 is 4.74 Å². The average Bonchev–Trinajstić information content (AvgIpc) is 2.69. The molecule has 3 atom stereocenters. The minimum Gasteiger partial charge on any atom is -0.490 e. The highest BCUT2D eigenvalue weighted by atomic mass is 127. The number of piperidine rings is 1. The largest absolute Gasteiger partial charge is 0.490 e. The molecule has 1 amide bonds. The monoisotopic (exact) mass is 429 g/mol. The van der Waals surface area contributed by atoms with Crippen LogP contribution in [0.4, 0.5) is 4.79 Å². The predicted molar refractivity (Wildman–Crippen MR) is 97.7 cm³/mol. The molecule has 23 heavy (non-hydrogen) atoms. The van der Waals surface area contributed by atoms with E-state index >= 15 is 0 Å². The molecule has 2 bridgehead atoms. The molecule has 0 unspecified atom stereocenters. The van der Waals surface area contributed by atoms with Crippen LogP contribution in [0.3, 0.4) is 0 Å². The van der Waals surface area contributed by atoms with Gasteiger partial charge in [-0.2, -0.15) is 0 Å². The topological polar surface area (TPSA) is 38.8 Å². The molecule has 2 heterocycles. The van der Waals surface area contributed by atoms with Crippen molar-refractivity contribution in [3.8, 4) is 5.75 Å². The Morgan fingerprint density at radius 1 is 1.22 bits per heavy atom. The molecular formula is C18H24INO3. The smallest absolute Gasteiger partial charge is 0.410 e. The van der Waals surface area contributed by atoms with Crippen LogP contribution >= 0.6 is 22.6 Å². The summed E-state index contributed by atoms with van der Waals surface area (Å²) in [4.78, 5) is 14.4. The van der Waals surface area contributed by atoms with Gasteiger partial charge in [-0.15, -0.1) is 0 Å². The highest BCUT2D eigenvalue weighted by molar-refractivity contribution is 14.1. The molecule has 2 fully saturated rings. The van der Waals surface area contributed by atoms with Crippen LogP contribution in [0.15, 0.2) is 24.3 Å². The first-order chi connectivity index (χ1) is 10.8. The van der Waals surface area contributed by atoms with Gasteiger partial charge in [-0.25, -0.2) is 4.79 Å². The Morgan fingerprint density at radius 3 is 2.43 bits per heavy atom. The SMILES string of the molecule is CC(C)(C)OC(=O)N1[C@@H]2CC[C@H]1C[C@@H](Oc1cccc(I)c1)C2. The first kappa shape index (κ1) is 16.9. The van der Waals surface area contributed by atoms with Gasteiger partial charge in [0.1, 0.15) is 17.5 Å². The van der Waals surface area contributed by atoms with Crippen molar-refractivity contribution in [2.24, 2.45) is 0 Å². The maximum atomic E-state index is 12.4. The second kappa shape index (κ2) is 6.49. The van der Waals surface area contributed by atoms with Crippen LogP contribution in [-0.4, -0.2) is 34.8 Å². The van der Waals surface area contributed by atoms with Gasteiger partial charge < -0.3 is 14.4 Å². The number of amides is 1. The van der Waals surface area contributed by atoms with E-state index in [9.17, 15) is 4.79 Å². The van der Waals surface area contributed by atoms with E-state index in [-0.39, 0.29) is 24.3 Å². The van der Waals surface area contributed by atoms with Crippen molar-refractivity contribution in [3.05, 3.63) is 27.8 Å². The first-order valence-corrected chi connectivity index (χ1v) is 9.33. The Bertz CT molecular complexity index is 570. The summed E-state index contributed by atoms with van der Waals surface area (Å²) >= 11 is 2.29. The Kier molecular flexibility index (Phi) is 4.76. The molecule has 2 aliphatic heterocycles. The summed E-state index contributed by atoms with van der Waals surface area (Å²) in [6.45, 7) is 5.75. The molecule has 2 aliphatic rings.